The first kappa shape index (κ1) is 16.8. The average Bonchev–Trinajstić information content (AvgIpc) is 3.20. The van der Waals surface area contributed by atoms with Gasteiger partial charge in [-0.15, -0.1) is 0 Å². The Morgan fingerprint density at radius 2 is 1.58 bits per heavy atom. The molecule has 0 amide bonds. The number of epoxide rings is 1. The van der Waals surface area contributed by atoms with Crippen molar-refractivity contribution in [2.45, 2.75) is 63.9 Å². The van der Waals surface area contributed by atoms with Crippen molar-refractivity contribution in [3.05, 3.63) is 35.9 Å². The largest absolute Gasteiger partial charge is 1.00 e. The Hall–Kier alpha value is -0.223. The van der Waals surface area contributed by atoms with Gasteiger partial charge in [0.2, 0.25) is 0 Å². The molecule has 0 N–H and O–H groups in total. The number of unbranched alkanes of at least 4 members (excludes halogenated alkanes) is 6. The summed E-state index contributed by atoms with van der Waals surface area (Å²) in [6, 6.07) is 10.7. The van der Waals surface area contributed by atoms with Gasteiger partial charge < -0.3 is 6.16 Å². The van der Waals surface area contributed by atoms with Crippen molar-refractivity contribution in [3.8, 4) is 0 Å². The average molecular weight is 254 g/mol. The molecule has 1 aromatic carbocycles. The van der Waals surface area contributed by atoms with Crippen LogP contribution in [0.2, 0.25) is 0 Å². The molecule has 1 unspecified atom stereocenters. The summed E-state index contributed by atoms with van der Waals surface area (Å²) in [7, 11) is 0. The van der Waals surface area contributed by atoms with Crippen LogP contribution in [0.15, 0.2) is 30.3 Å². The van der Waals surface area contributed by atoms with E-state index in [1.165, 1.54) is 56.9 Å². The summed E-state index contributed by atoms with van der Waals surface area (Å²) < 4.78 is 5.73. The van der Waals surface area contributed by atoms with E-state index < -0.39 is 0 Å². The Bertz CT molecular complexity index is 338. The van der Waals surface area contributed by atoms with Crippen LogP contribution in [-0.4, -0.2) is 6.61 Å². The van der Waals surface area contributed by atoms with Gasteiger partial charge in [-0.3, -0.25) is 0 Å². The Labute approximate surface area is 131 Å². The Kier molecular flexibility index (Phi) is 7.84. The molecule has 1 aliphatic rings. The summed E-state index contributed by atoms with van der Waals surface area (Å²) in [6.45, 7) is 3.20. The predicted octanol–water partition coefficient (Wildman–Crippen LogP) is 2.17. The van der Waals surface area contributed by atoms with Crippen molar-refractivity contribution in [3.63, 3.8) is 0 Å². The molecule has 1 aliphatic heterocycles. The number of hydrogen-bond acceptors (Lipinski definition) is 1. The fourth-order valence-corrected chi connectivity index (χ4v) is 2.65. The summed E-state index contributed by atoms with van der Waals surface area (Å²) >= 11 is 0. The molecule has 0 aliphatic carbocycles. The van der Waals surface area contributed by atoms with Crippen LogP contribution < -0.4 is 18.9 Å². The SMILES string of the molecule is CCCCCCCCCC1(c2ccccc2)CO1.[H-].[Li+]. The van der Waals surface area contributed by atoms with Crippen LogP contribution in [0.1, 0.15) is 65.3 Å². The molecular weight excluding hydrogens is 227 g/mol. The van der Waals surface area contributed by atoms with Gasteiger partial charge in [0, 0.05) is 0 Å². The van der Waals surface area contributed by atoms with Gasteiger partial charge in [0.25, 0.3) is 0 Å². The fraction of sp³-hybridized carbons (Fsp3) is 0.647. The molecule has 0 radical (unpaired) electrons. The van der Waals surface area contributed by atoms with Crippen molar-refractivity contribution in [1.82, 2.24) is 0 Å². The van der Waals surface area contributed by atoms with Gasteiger partial charge in [-0.25, -0.2) is 0 Å². The van der Waals surface area contributed by atoms with E-state index in [1.807, 2.05) is 0 Å². The van der Waals surface area contributed by atoms with E-state index in [4.69, 9.17) is 4.74 Å². The summed E-state index contributed by atoms with van der Waals surface area (Å²) in [5, 5.41) is 0. The predicted molar refractivity (Wildman–Crippen MR) is 77.8 cm³/mol. The first-order valence-corrected chi connectivity index (χ1v) is 7.57. The molecule has 1 fully saturated rings. The maximum Gasteiger partial charge on any atom is 1.00 e. The summed E-state index contributed by atoms with van der Waals surface area (Å²) in [4.78, 5) is 0. The molecule has 1 aromatic rings. The molecule has 1 heterocycles. The maximum absolute atomic E-state index is 5.73. The maximum atomic E-state index is 5.73. The van der Waals surface area contributed by atoms with Gasteiger partial charge in [0.1, 0.15) is 5.60 Å². The van der Waals surface area contributed by atoms with Crippen LogP contribution in [0.4, 0.5) is 0 Å². The minimum atomic E-state index is 0. The van der Waals surface area contributed by atoms with Crippen LogP contribution >= 0.6 is 0 Å². The Morgan fingerprint density at radius 3 is 2.16 bits per heavy atom. The van der Waals surface area contributed by atoms with E-state index in [2.05, 4.69) is 37.3 Å². The Balaban J connectivity index is 0.00000180. The third kappa shape index (κ3) is 5.34. The van der Waals surface area contributed by atoms with E-state index in [-0.39, 0.29) is 25.9 Å². The second-order valence-electron chi connectivity index (χ2n) is 5.52. The minimum absolute atomic E-state index is 0. The third-order valence-corrected chi connectivity index (χ3v) is 3.98. The molecular formula is C17H27LiO. The first-order chi connectivity index (χ1) is 8.87. The van der Waals surface area contributed by atoms with Gasteiger partial charge in [0.05, 0.1) is 6.61 Å². The third-order valence-electron chi connectivity index (χ3n) is 3.98. The van der Waals surface area contributed by atoms with Crippen molar-refractivity contribution in [2.24, 2.45) is 0 Å². The minimum Gasteiger partial charge on any atom is -1.00 e. The van der Waals surface area contributed by atoms with Gasteiger partial charge in [-0.05, 0) is 12.0 Å². The molecule has 0 aromatic heterocycles. The number of hydrogen-bond donors (Lipinski definition) is 0. The molecule has 0 spiro atoms. The van der Waals surface area contributed by atoms with Crippen LogP contribution in [-0.2, 0) is 10.3 Å². The van der Waals surface area contributed by atoms with E-state index in [0.29, 0.717) is 0 Å². The smallest absolute Gasteiger partial charge is 1.00 e. The second-order valence-corrected chi connectivity index (χ2v) is 5.52. The monoisotopic (exact) mass is 254 g/mol. The fourth-order valence-electron chi connectivity index (χ4n) is 2.65. The zero-order valence-electron chi connectivity index (χ0n) is 13.7. The number of rotatable bonds is 9. The van der Waals surface area contributed by atoms with E-state index in [0.717, 1.165) is 6.61 Å². The molecule has 0 saturated carbocycles. The molecule has 0 bridgehead atoms. The zero-order valence-corrected chi connectivity index (χ0v) is 12.7. The molecule has 2 heteroatoms. The summed E-state index contributed by atoms with van der Waals surface area (Å²) in [5.41, 5.74) is 1.46. The van der Waals surface area contributed by atoms with Gasteiger partial charge in [-0.1, -0.05) is 82.2 Å². The van der Waals surface area contributed by atoms with Crippen LogP contribution in [0.3, 0.4) is 0 Å². The zero-order chi connectivity index (χ0) is 12.7. The normalized spacial score (nSPS) is 20.9. The number of benzene rings is 1. The summed E-state index contributed by atoms with van der Waals surface area (Å²) in [5.74, 6) is 0. The summed E-state index contributed by atoms with van der Waals surface area (Å²) in [6.07, 6.45) is 10.8. The van der Waals surface area contributed by atoms with Crippen LogP contribution in [0.5, 0.6) is 0 Å². The molecule has 2 rings (SSSR count). The van der Waals surface area contributed by atoms with Crippen LogP contribution in [0, 0.1) is 0 Å². The quantitative estimate of drug-likeness (QED) is 0.374. The first-order valence-electron chi connectivity index (χ1n) is 7.57. The van der Waals surface area contributed by atoms with Gasteiger partial charge in [-0.2, -0.15) is 0 Å². The van der Waals surface area contributed by atoms with E-state index in [1.54, 1.807) is 0 Å². The van der Waals surface area contributed by atoms with Gasteiger partial charge in [0.15, 0.2) is 0 Å². The standard InChI is InChI=1S/C17H26O.Li.H/c1-2-3-4-5-6-7-11-14-17(15-18-17)16-12-9-8-10-13-16;;/h8-10,12-13H,2-7,11,14-15H2,1H3;;/q;+1;-1. The van der Waals surface area contributed by atoms with Crippen molar-refractivity contribution in [2.75, 3.05) is 6.61 Å². The molecule has 19 heavy (non-hydrogen) atoms. The van der Waals surface area contributed by atoms with Crippen LogP contribution in [0.25, 0.3) is 0 Å². The van der Waals surface area contributed by atoms with Gasteiger partial charge >= 0.3 is 18.9 Å². The molecule has 1 saturated heterocycles. The molecule has 102 valence electrons. The molecule has 1 atom stereocenters. The topological polar surface area (TPSA) is 12.5 Å². The van der Waals surface area contributed by atoms with Crippen molar-refractivity contribution < 1.29 is 25.0 Å². The van der Waals surface area contributed by atoms with Crippen molar-refractivity contribution >= 4 is 0 Å². The number of ether oxygens (including phenoxy) is 1. The molecule has 1 nitrogen and oxygen atoms in total. The van der Waals surface area contributed by atoms with E-state index in [9.17, 15) is 0 Å². The Morgan fingerprint density at radius 1 is 1.00 bits per heavy atom. The second kappa shape index (κ2) is 8.85. The van der Waals surface area contributed by atoms with E-state index >= 15 is 0 Å². The van der Waals surface area contributed by atoms with Crippen molar-refractivity contribution in [1.29, 1.82) is 0 Å².